The van der Waals surface area contributed by atoms with Crippen molar-refractivity contribution in [2.24, 2.45) is 0 Å². The van der Waals surface area contributed by atoms with E-state index < -0.39 is 0 Å². The van der Waals surface area contributed by atoms with Crippen LogP contribution in [0.15, 0.2) is 0 Å². The first kappa shape index (κ1) is 22.3. The lowest BCUT2D eigenvalue weighted by Gasteiger charge is -2.07. The minimum atomic E-state index is 0.0106. The molecule has 138 valence electrons. The maximum atomic E-state index is 11.6. The molecule has 0 fully saturated rings. The molecule has 0 bridgehead atoms. The third kappa shape index (κ3) is 19.2. The Morgan fingerprint density at radius 1 is 0.522 bits per heavy atom. The van der Waals surface area contributed by atoms with Gasteiger partial charge in [-0.1, -0.05) is 97.3 Å². The van der Waals surface area contributed by atoms with Crippen molar-refractivity contribution in [1.29, 1.82) is 0 Å². The summed E-state index contributed by atoms with van der Waals surface area (Å²) in [5.41, 5.74) is 0. The molecule has 0 saturated heterocycles. The summed E-state index contributed by atoms with van der Waals surface area (Å²) in [6.07, 6.45) is 19.6. The van der Waals surface area contributed by atoms with E-state index in [9.17, 15) is 4.79 Å². The number of unbranched alkanes of at least 4 members (excludes halogenated alkanes) is 13. The molecular weight excluding hydrogens is 284 g/mol. The monoisotopic (exact) mass is 326 g/mol. The molecule has 0 aromatic heterocycles. The van der Waals surface area contributed by atoms with E-state index in [1.807, 2.05) is 0 Å². The SMILES string of the molecule is CCCCCCCCCCCCNC(=O)NCCCCCCC. The molecule has 3 nitrogen and oxygen atoms in total. The van der Waals surface area contributed by atoms with E-state index in [0.717, 1.165) is 25.9 Å². The Hall–Kier alpha value is -0.730. The summed E-state index contributed by atoms with van der Waals surface area (Å²) in [7, 11) is 0. The molecule has 2 amide bonds. The van der Waals surface area contributed by atoms with E-state index in [0.29, 0.717) is 0 Å². The molecule has 2 N–H and O–H groups in total. The molecule has 0 heterocycles. The van der Waals surface area contributed by atoms with E-state index in [1.54, 1.807) is 0 Å². The fraction of sp³-hybridized carbons (Fsp3) is 0.950. The molecule has 0 saturated carbocycles. The maximum Gasteiger partial charge on any atom is 0.314 e. The van der Waals surface area contributed by atoms with Crippen LogP contribution in [0.2, 0.25) is 0 Å². The van der Waals surface area contributed by atoms with Gasteiger partial charge in [-0.3, -0.25) is 0 Å². The van der Waals surface area contributed by atoms with Gasteiger partial charge in [0.25, 0.3) is 0 Å². The fourth-order valence-electron chi connectivity index (χ4n) is 2.81. The second-order valence-electron chi connectivity index (χ2n) is 6.78. The number of nitrogens with one attached hydrogen (secondary N) is 2. The minimum Gasteiger partial charge on any atom is -0.338 e. The van der Waals surface area contributed by atoms with Crippen LogP contribution in [-0.4, -0.2) is 19.1 Å². The lowest BCUT2D eigenvalue weighted by Crippen LogP contribution is -2.36. The summed E-state index contributed by atoms with van der Waals surface area (Å²) in [5, 5.41) is 5.90. The second-order valence-corrected chi connectivity index (χ2v) is 6.78. The highest BCUT2D eigenvalue weighted by molar-refractivity contribution is 5.73. The van der Waals surface area contributed by atoms with E-state index in [-0.39, 0.29) is 6.03 Å². The Kier molecular flexibility index (Phi) is 18.7. The normalized spacial score (nSPS) is 10.7. The molecule has 3 heteroatoms. The fourth-order valence-corrected chi connectivity index (χ4v) is 2.81. The van der Waals surface area contributed by atoms with Crippen molar-refractivity contribution in [1.82, 2.24) is 10.6 Å². The Morgan fingerprint density at radius 2 is 0.826 bits per heavy atom. The lowest BCUT2D eigenvalue weighted by molar-refractivity contribution is 0.240. The summed E-state index contributed by atoms with van der Waals surface area (Å²) in [6, 6.07) is 0.0106. The first-order valence-corrected chi connectivity index (χ1v) is 10.3. The van der Waals surface area contributed by atoms with Gasteiger partial charge in [-0.15, -0.1) is 0 Å². The van der Waals surface area contributed by atoms with Crippen molar-refractivity contribution in [3.05, 3.63) is 0 Å². The summed E-state index contributed by atoms with van der Waals surface area (Å²) in [4.78, 5) is 11.6. The average Bonchev–Trinajstić information content (AvgIpc) is 2.56. The van der Waals surface area contributed by atoms with Gasteiger partial charge in [0.1, 0.15) is 0 Å². The number of carbonyl (C=O) groups is 1. The van der Waals surface area contributed by atoms with E-state index in [2.05, 4.69) is 24.5 Å². The zero-order chi connectivity index (χ0) is 17.0. The van der Waals surface area contributed by atoms with Gasteiger partial charge in [0.05, 0.1) is 0 Å². The smallest absolute Gasteiger partial charge is 0.314 e. The Morgan fingerprint density at radius 3 is 1.17 bits per heavy atom. The predicted octanol–water partition coefficient (Wildman–Crippen LogP) is 6.18. The van der Waals surface area contributed by atoms with E-state index >= 15 is 0 Å². The molecule has 0 rings (SSSR count). The highest BCUT2D eigenvalue weighted by atomic mass is 16.2. The number of carbonyl (C=O) groups excluding carboxylic acids is 1. The highest BCUT2D eigenvalue weighted by Crippen LogP contribution is 2.10. The standard InChI is InChI=1S/C20H42N2O/c1-3-5-7-9-10-11-12-13-15-17-19-22-20(23)21-18-16-14-8-6-4-2/h3-19H2,1-2H3,(H2,21,22,23). The molecule has 0 aliphatic carbocycles. The summed E-state index contributed by atoms with van der Waals surface area (Å²) < 4.78 is 0. The molecular formula is C20H42N2O. The summed E-state index contributed by atoms with van der Waals surface area (Å²) in [6.45, 7) is 6.12. The molecule has 0 atom stereocenters. The van der Waals surface area contributed by atoms with Crippen LogP contribution in [0.1, 0.15) is 110 Å². The number of rotatable bonds is 17. The predicted molar refractivity (Wildman–Crippen MR) is 102 cm³/mol. The molecule has 0 aromatic carbocycles. The Bertz CT molecular complexity index is 244. The van der Waals surface area contributed by atoms with E-state index in [4.69, 9.17) is 0 Å². The molecule has 0 spiro atoms. The van der Waals surface area contributed by atoms with Gasteiger partial charge in [0, 0.05) is 13.1 Å². The molecule has 0 aliphatic rings. The summed E-state index contributed by atoms with van der Waals surface area (Å²) >= 11 is 0. The van der Waals surface area contributed by atoms with Crippen LogP contribution in [0.25, 0.3) is 0 Å². The van der Waals surface area contributed by atoms with Crippen LogP contribution < -0.4 is 10.6 Å². The van der Waals surface area contributed by atoms with Gasteiger partial charge < -0.3 is 10.6 Å². The zero-order valence-electron chi connectivity index (χ0n) is 15.9. The number of hydrogen-bond donors (Lipinski definition) is 2. The van der Waals surface area contributed by atoms with Gasteiger partial charge in [-0.05, 0) is 12.8 Å². The third-order valence-electron chi connectivity index (χ3n) is 4.38. The second kappa shape index (κ2) is 19.3. The van der Waals surface area contributed by atoms with Crippen LogP contribution in [0.4, 0.5) is 4.79 Å². The van der Waals surface area contributed by atoms with Gasteiger partial charge in [-0.2, -0.15) is 0 Å². The highest BCUT2D eigenvalue weighted by Gasteiger charge is 1.98. The topological polar surface area (TPSA) is 41.1 Å². The van der Waals surface area contributed by atoms with Gasteiger partial charge in [-0.25, -0.2) is 4.79 Å². The average molecular weight is 327 g/mol. The van der Waals surface area contributed by atoms with Crippen LogP contribution in [0, 0.1) is 0 Å². The van der Waals surface area contributed by atoms with Crippen molar-refractivity contribution in [3.63, 3.8) is 0 Å². The molecule has 0 aliphatic heterocycles. The van der Waals surface area contributed by atoms with Crippen molar-refractivity contribution in [2.45, 2.75) is 110 Å². The van der Waals surface area contributed by atoms with Crippen molar-refractivity contribution < 1.29 is 4.79 Å². The van der Waals surface area contributed by atoms with Crippen molar-refractivity contribution in [3.8, 4) is 0 Å². The van der Waals surface area contributed by atoms with Gasteiger partial charge in [0.2, 0.25) is 0 Å². The number of hydrogen-bond acceptors (Lipinski definition) is 1. The maximum absolute atomic E-state index is 11.6. The quantitative estimate of drug-likeness (QED) is 0.308. The van der Waals surface area contributed by atoms with Gasteiger partial charge in [0.15, 0.2) is 0 Å². The van der Waals surface area contributed by atoms with Crippen molar-refractivity contribution in [2.75, 3.05) is 13.1 Å². The lowest BCUT2D eigenvalue weighted by atomic mass is 10.1. The Labute approximate surface area is 145 Å². The van der Waals surface area contributed by atoms with Crippen LogP contribution in [0.3, 0.4) is 0 Å². The molecule has 0 radical (unpaired) electrons. The van der Waals surface area contributed by atoms with Crippen LogP contribution in [0.5, 0.6) is 0 Å². The third-order valence-corrected chi connectivity index (χ3v) is 4.38. The largest absolute Gasteiger partial charge is 0.338 e. The first-order chi connectivity index (χ1) is 11.3. The van der Waals surface area contributed by atoms with Gasteiger partial charge >= 0.3 is 6.03 Å². The van der Waals surface area contributed by atoms with Crippen LogP contribution in [-0.2, 0) is 0 Å². The van der Waals surface area contributed by atoms with Crippen molar-refractivity contribution >= 4 is 6.03 Å². The number of amides is 2. The zero-order valence-corrected chi connectivity index (χ0v) is 15.9. The summed E-state index contributed by atoms with van der Waals surface area (Å²) in [5.74, 6) is 0. The van der Waals surface area contributed by atoms with E-state index in [1.165, 1.54) is 83.5 Å². The molecule has 0 aromatic rings. The molecule has 23 heavy (non-hydrogen) atoms. The van der Waals surface area contributed by atoms with Crippen LogP contribution >= 0.6 is 0 Å². The first-order valence-electron chi connectivity index (χ1n) is 10.3. The Balaban J connectivity index is 3.11. The molecule has 0 unspecified atom stereocenters. The minimum absolute atomic E-state index is 0.0106. The number of urea groups is 1.